The highest BCUT2D eigenvalue weighted by atomic mass is 16.6. The highest BCUT2D eigenvalue weighted by Gasteiger charge is 2.41. The second-order valence-electron chi connectivity index (χ2n) is 4.05. The maximum atomic E-state index is 10.9. The van der Waals surface area contributed by atoms with Gasteiger partial charge in [0, 0.05) is 12.8 Å². The van der Waals surface area contributed by atoms with Crippen molar-refractivity contribution in [3.05, 3.63) is 0 Å². The van der Waals surface area contributed by atoms with Crippen LogP contribution in [0.25, 0.3) is 0 Å². The van der Waals surface area contributed by atoms with Crippen LogP contribution in [0, 0.1) is 5.92 Å². The topological polar surface area (TPSA) is 78.8 Å². The van der Waals surface area contributed by atoms with E-state index in [0.29, 0.717) is 0 Å². The van der Waals surface area contributed by atoms with Gasteiger partial charge in [-0.15, -0.1) is 0 Å². The van der Waals surface area contributed by atoms with Gasteiger partial charge in [0.2, 0.25) is 5.91 Å². The average Bonchev–Trinajstić information content (AvgIpc) is 2.18. The van der Waals surface area contributed by atoms with Crippen LogP contribution >= 0.6 is 0 Å². The van der Waals surface area contributed by atoms with Gasteiger partial charge < -0.3 is 20.3 Å². The van der Waals surface area contributed by atoms with Gasteiger partial charge in [-0.3, -0.25) is 4.79 Å². The molecule has 0 bridgehead atoms. The monoisotopic (exact) mass is 217 g/mol. The van der Waals surface area contributed by atoms with E-state index in [-0.39, 0.29) is 17.9 Å². The molecular weight excluding hydrogens is 198 g/mol. The maximum absolute atomic E-state index is 10.9. The predicted molar refractivity (Wildman–Crippen MR) is 53.9 cm³/mol. The molecule has 5 heteroatoms. The zero-order valence-corrected chi connectivity index (χ0v) is 9.30. The second-order valence-corrected chi connectivity index (χ2v) is 4.05. The summed E-state index contributed by atoms with van der Waals surface area (Å²) in [6, 6.07) is -0.736. The average molecular weight is 217 g/mol. The van der Waals surface area contributed by atoms with E-state index in [4.69, 9.17) is 4.74 Å². The molecule has 1 rings (SSSR count). The molecule has 1 aliphatic heterocycles. The first-order chi connectivity index (χ1) is 6.97. The third-order valence-electron chi connectivity index (χ3n) is 2.89. The lowest BCUT2D eigenvalue weighted by Gasteiger charge is -2.41. The number of ether oxygens (including phenoxy) is 1. The minimum Gasteiger partial charge on any atom is -0.390 e. The molecule has 1 saturated heterocycles. The van der Waals surface area contributed by atoms with Crippen LogP contribution in [0.15, 0.2) is 0 Å². The van der Waals surface area contributed by atoms with Gasteiger partial charge in [-0.25, -0.2) is 0 Å². The molecule has 0 spiro atoms. The van der Waals surface area contributed by atoms with Crippen LogP contribution < -0.4 is 5.32 Å². The van der Waals surface area contributed by atoms with E-state index in [1.54, 1.807) is 0 Å². The number of hydrogen-bond donors (Lipinski definition) is 3. The van der Waals surface area contributed by atoms with Crippen molar-refractivity contribution in [3.8, 4) is 0 Å². The second kappa shape index (κ2) is 4.92. The van der Waals surface area contributed by atoms with Gasteiger partial charge in [-0.1, -0.05) is 13.8 Å². The fraction of sp³-hybridized carbons (Fsp3) is 0.900. The van der Waals surface area contributed by atoms with E-state index >= 15 is 0 Å². The summed E-state index contributed by atoms with van der Waals surface area (Å²) < 4.78 is 5.31. The summed E-state index contributed by atoms with van der Waals surface area (Å²) in [6.07, 6.45) is -1.35. The number of carbonyl (C=O) groups is 1. The molecule has 0 aromatic carbocycles. The number of aliphatic hydroxyl groups is 2. The largest absolute Gasteiger partial charge is 0.390 e. The number of amides is 1. The smallest absolute Gasteiger partial charge is 0.217 e. The van der Waals surface area contributed by atoms with E-state index in [0.717, 1.165) is 6.42 Å². The molecule has 1 aliphatic rings. The lowest BCUT2D eigenvalue weighted by atomic mass is 9.88. The number of hydrogen-bond acceptors (Lipinski definition) is 4. The lowest BCUT2D eigenvalue weighted by molar-refractivity contribution is -0.228. The van der Waals surface area contributed by atoms with Crippen molar-refractivity contribution in [2.75, 3.05) is 0 Å². The molecule has 15 heavy (non-hydrogen) atoms. The van der Waals surface area contributed by atoms with Gasteiger partial charge in [0.1, 0.15) is 6.04 Å². The zero-order valence-electron chi connectivity index (χ0n) is 9.30. The van der Waals surface area contributed by atoms with Crippen molar-refractivity contribution in [3.63, 3.8) is 0 Å². The summed E-state index contributed by atoms with van der Waals surface area (Å²) in [5, 5.41) is 22.0. The molecule has 0 aliphatic carbocycles. The summed E-state index contributed by atoms with van der Waals surface area (Å²) in [6.45, 7) is 5.12. The minimum atomic E-state index is -1.13. The Hall–Kier alpha value is -0.650. The summed E-state index contributed by atoms with van der Waals surface area (Å²) in [5.74, 6) is -0.390. The van der Waals surface area contributed by atoms with Gasteiger partial charge in [0.25, 0.3) is 0 Å². The zero-order chi connectivity index (χ0) is 11.6. The fourth-order valence-corrected chi connectivity index (χ4v) is 1.96. The van der Waals surface area contributed by atoms with Crippen molar-refractivity contribution >= 4 is 5.91 Å². The third kappa shape index (κ3) is 2.68. The molecule has 1 fully saturated rings. The van der Waals surface area contributed by atoms with Crippen molar-refractivity contribution in [1.82, 2.24) is 5.32 Å². The quantitative estimate of drug-likeness (QED) is 0.589. The predicted octanol–water partition coefficient (Wildman–Crippen LogP) is -0.385. The van der Waals surface area contributed by atoms with Crippen LogP contribution in [-0.2, 0) is 9.53 Å². The highest BCUT2D eigenvalue weighted by Crippen LogP contribution is 2.26. The Morgan fingerprint density at radius 1 is 1.47 bits per heavy atom. The van der Waals surface area contributed by atoms with Crippen LogP contribution in [0.4, 0.5) is 0 Å². The maximum Gasteiger partial charge on any atom is 0.217 e. The standard InChI is InChI=1S/C10H19NO4/c1-4-7-5(2)9(13)8(10(14)15-7)11-6(3)12/h5,7-10,13-14H,4H2,1-3H3,(H,11,12)/t5?,7?,8?,9?,10-/m0/s1. The SMILES string of the molecule is CCC1O[C@H](O)C(NC(C)=O)C(O)C1C. The van der Waals surface area contributed by atoms with Gasteiger partial charge >= 0.3 is 0 Å². The first-order valence-corrected chi connectivity index (χ1v) is 5.26. The van der Waals surface area contributed by atoms with Crippen LogP contribution in [0.2, 0.25) is 0 Å². The van der Waals surface area contributed by atoms with Crippen molar-refractivity contribution < 1.29 is 19.7 Å². The Balaban J connectivity index is 2.70. The molecule has 3 N–H and O–H groups in total. The van der Waals surface area contributed by atoms with Crippen molar-refractivity contribution in [2.24, 2.45) is 5.92 Å². The van der Waals surface area contributed by atoms with Crippen LogP contribution in [-0.4, -0.2) is 40.7 Å². The number of carbonyl (C=O) groups excluding carboxylic acids is 1. The third-order valence-corrected chi connectivity index (χ3v) is 2.89. The highest BCUT2D eigenvalue weighted by molar-refractivity contribution is 5.73. The normalized spacial score (nSPS) is 41.3. The van der Waals surface area contributed by atoms with Crippen LogP contribution in [0.1, 0.15) is 27.2 Å². The summed E-state index contributed by atoms with van der Waals surface area (Å²) >= 11 is 0. The first kappa shape index (κ1) is 12.4. The first-order valence-electron chi connectivity index (χ1n) is 5.26. The molecule has 1 amide bonds. The van der Waals surface area contributed by atoms with E-state index in [1.165, 1.54) is 6.92 Å². The Kier molecular flexibility index (Phi) is 4.07. The van der Waals surface area contributed by atoms with Crippen molar-refractivity contribution in [1.29, 1.82) is 0 Å². The van der Waals surface area contributed by atoms with Gasteiger partial charge in [-0.2, -0.15) is 0 Å². The number of aliphatic hydroxyl groups excluding tert-OH is 2. The van der Waals surface area contributed by atoms with Crippen molar-refractivity contribution in [2.45, 2.75) is 51.7 Å². The molecule has 4 unspecified atom stereocenters. The fourth-order valence-electron chi connectivity index (χ4n) is 1.96. The van der Waals surface area contributed by atoms with E-state index in [9.17, 15) is 15.0 Å². The summed E-state index contributed by atoms with van der Waals surface area (Å²) in [4.78, 5) is 10.9. The van der Waals surface area contributed by atoms with E-state index in [1.807, 2.05) is 13.8 Å². The molecule has 0 radical (unpaired) electrons. The molecule has 0 aromatic rings. The van der Waals surface area contributed by atoms with E-state index < -0.39 is 18.4 Å². The lowest BCUT2D eigenvalue weighted by Crippen LogP contribution is -2.60. The molecule has 5 atom stereocenters. The Labute approximate surface area is 89.4 Å². The summed E-state index contributed by atoms with van der Waals surface area (Å²) in [7, 11) is 0. The van der Waals surface area contributed by atoms with Gasteiger partial charge in [-0.05, 0) is 6.42 Å². The van der Waals surface area contributed by atoms with Gasteiger partial charge in [0.05, 0.1) is 12.2 Å². The molecule has 0 aromatic heterocycles. The van der Waals surface area contributed by atoms with E-state index in [2.05, 4.69) is 5.32 Å². The Morgan fingerprint density at radius 3 is 2.53 bits per heavy atom. The van der Waals surface area contributed by atoms with Crippen LogP contribution in [0.5, 0.6) is 0 Å². The molecule has 1 heterocycles. The minimum absolute atomic E-state index is 0.102. The Morgan fingerprint density at radius 2 is 2.07 bits per heavy atom. The molecular formula is C10H19NO4. The molecule has 88 valence electrons. The van der Waals surface area contributed by atoms with Gasteiger partial charge in [0.15, 0.2) is 6.29 Å². The Bertz CT molecular complexity index is 233. The summed E-state index contributed by atoms with van der Waals surface area (Å²) in [5.41, 5.74) is 0. The molecule has 0 saturated carbocycles. The number of rotatable bonds is 2. The van der Waals surface area contributed by atoms with Crippen LogP contribution in [0.3, 0.4) is 0 Å². The molecule has 5 nitrogen and oxygen atoms in total. The number of nitrogens with one attached hydrogen (secondary N) is 1.